The number of aryl methyl sites for hydroxylation is 1. The number of rotatable bonds is 6. The van der Waals surface area contributed by atoms with Gasteiger partial charge in [-0.1, -0.05) is 31.3 Å². The zero-order valence-corrected chi connectivity index (χ0v) is 19.1. The minimum atomic E-state index is -0.638. The average Bonchev–Trinajstić information content (AvgIpc) is 3.19. The standard InChI is InChI=1S/C18H15Br2N3O2S2/c1-3-5-25-16-10(19)6-9(7-11(16)20)8-12-15(24)14(17(21)26-12)18-23-22-13(4-2)27-18/h3,6-8,14,21H,1,4-5H2,2H3/b12-8-,21-17?/t14-/m1/s1. The monoisotopic (exact) mass is 527 g/mol. The molecule has 3 rings (SSSR count). The van der Waals surface area contributed by atoms with Gasteiger partial charge in [-0.2, -0.15) is 0 Å². The molecule has 1 aliphatic heterocycles. The molecule has 2 aromatic rings. The van der Waals surface area contributed by atoms with Gasteiger partial charge in [-0.15, -0.1) is 21.5 Å². The summed E-state index contributed by atoms with van der Waals surface area (Å²) in [5, 5.41) is 18.2. The number of nitrogens with one attached hydrogen (secondary N) is 1. The number of halogens is 2. The Labute approximate surface area is 182 Å². The second kappa shape index (κ2) is 8.81. The van der Waals surface area contributed by atoms with Crippen LogP contribution < -0.4 is 4.74 Å². The van der Waals surface area contributed by atoms with E-state index in [4.69, 9.17) is 10.1 Å². The van der Waals surface area contributed by atoms with Crippen LogP contribution in [0.5, 0.6) is 5.75 Å². The van der Waals surface area contributed by atoms with Gasteiger partial charge in [0.2, 0.25) is 0 Å². The Morgan fingerprint density at radius 2 is 2.04 bits per heavy atom. The zero-order chi connectivity index (χ0) is 19.6. The van der Waals surface area contributed by atoms with Crippen molar-refractivity contribution in [1.29, 1.82) is 5.41 Å². The minimum Gasteiger partial charge on any atom is -0.487 e. The molecule has 0 saturated carbocycles. The Hall–Kier alpha value is -1.29. The van der Waals surface area contributed by atoms with Gasteiger partial charge in [0.05, 0.1) is 18.9 Å². The predicted molar refractivity (Wildman–Crippen MR) is 118 cm³/mol. The van der Waals surface area contributed by atoms with Crippen LogP contribution in [0.2, 0.25) is 0 Å². The van der Waals surface area contributed by atoms with Crippen LogP contribution in [0.1, 0.15) is 28.4 Å². The highest BCUT2D eigenvalue weighted by Gasteiger charge is 2.39. The molecule has 140 valence electrons. The molecule has 1 N–H and O–H groups in total. The number of allylic oxidation sites excluding steroid dienone is 1. The third-order valence-electron chi connectivity index (χ3n) is 3.68. The van der Waals surface area contributed by atoms with Crippen LogP contribution in [-0.2, 0) is 11.2 Å². The van der Waals surface area contributed by atoms with E-state index < -0.39 is 5.92 Å². The van der Waals surface area contributed by atoms with E-state index in [-0.39, 0.29) is 10.8 Å². The smallest absolute Gasteiger partial charge is 0.186 e. The van der Waals surface area contributed by atoms with E-state index in [1.54, 1.807) is 12.2 Å². The molecule has 27 heavy (non-hydrogen) atoms. The van der Waals surface area contributed by atoms with Crippen molar-refractivity contribution < 1.29 is 9.53 Å². The van der Waals surface area contributed by atoms with E-state index in [9.17, 15) is 4.79 Å². The van der Waals surface area contributed by atoms with E-state index in [1.165, 1.54) is 23.1 Å². The summed E-state index contributed by atoms with van der Waals surface area (Å²) in [4.78, 5) is 13.4. The molecule has 1 aromatic carbocycles. The Morgan fingerprint density at radius 1 is 1.33 bits per heavy atom. The number of carbonyl (C=O) groups excluding carboxylic acids is 1. The number of ether oxygens (including phenoxy) is 1. The number of aromatic nitrogens is 2. The van der Waals surface area contributed by atoms with Crippen molar-refractivity contribution in [2.75, 3.05) is 6.61 Å². The molecule has 1 atom stereocenters. The number of hydrogen-bond donors (Lipinski definition) is 1. The molecule has 1 aromatic heterocycles. The van der Waals surface area contributed by atoms with Crippen LogP contribution in [0, 0.1) is 5.41 Å². The number of ketones is 1. The summed E-state index contributed by atoms with van der Waals surface area (Å²) in [5.41, 5.74) is 0.829. The van der Waals surface area contributed by atoms with Crippen molar-refractivity contribution in [1.82, 2.24) is 10.2 Å². The van der Waals surface area contributed by atoms with Gasteiger partial charge in [0.15, 0.2) is 5.78 Å². The van der Waals surface area contributed by atoms with Crippen molar-refractivity contribution in [2.24, 2.45) is 0 Å². The lowest BCUT2D eigenvalue weighted by Gasteiger charge is -2.09. The highest BCUT2D eigenvalue weighted by atomic mass is 79.9. The number of thioether (sulfide) groups is 1. The summed E-state index contributed by atoms with van der Waals surface area (Å²) in [6, 6.07) is 3.75. The van der Waals surface area contributed by atoms with Crippen molar-refractivity contribution in [2.45, 2.75) is 19.3 Å². The fourth-order valence-electron chi connectivity index (χ4n) is 2.43. The largest absolute Gasteiger partial charge is 0.487 e. The molecular formula is C18H15Br2N3O2S2. The van der Waals surface area contributed by atoms with Gasteiger partial charge >= 0.3 is 0 Å². The Balaban J connectivity index is 1.88. The summed E-state index contributed by atoms with van der Waals surface area (Å²) in [7, 11) is 0. The average molecular weight is 529 g/mol. The molecule has 0 unspecified atom stereocenters. The second-order valence-corrected chi connectivity index (χ2v) is 9.46. The van der Waals surface area contributed by atoms with Gasteiger partial charge in [0.25, 0.3) is 0 Å². The summed E-state index contributed by atoms with van der Waals surface area (Å²) < 4.78 is 7.15. The Morgan fingerprint density at radius 3 is 2.63 bits per heavy atom. The van der Waals surface area contributed by atoms with Crippen LogP contribution in [0.25, 0.3) is 6.08 Å². The topological polar surface area (TPSA) is 75.9 Å². The van der Waals surface area contributed by atoms with Crippen LogP contribution in [0.3, 0.4) is 0 Å². The molecule has 5 nitrogen and oxygen atoms in total. The molecule has 0 amide bonds. The van der Waals surface area contributed by atoms with Gasteiger partial charge in [-0.25, -0.2) is 0 Å². The first kappa shape index (κ1) is 20.4. The van der Waals surface area contributed by atoms with Crippen LogP contribution in [0.15, 0.2) is 38.6 Å². The minimum absolute atomic E-state index is 0.108. The predicted octanol–water partition coefficient (Wildman–Crippen LogP) is 5.61. The van der Waals surface area contributed by atoms with Crippen LogP contribution in [0.4, 0.5) is 0 Å². The van der Waals surface area contributed by atoms with E-state index >= 15 is 0 Å². The number of benzene rings is 1. The zero-order valence-electron chi connectivity index (χ0n) is 14.3. The van der Waals surface area contributed by atoms with Gasteiger partial charge in [0.1, 0.15) is 28.3 Å². The first-order valence-corrected chi connectivity index (χ1v) is 11.2. The molecule has 9 heteroatoms. The number of nitrogens with zero attached hydrogens (tertiary/aromatic N) is 2. The third kappa shape index (κ3) is 4.42. The maximum Gasteiger partial charge on any atom is 0.186 e. The normalized spacial score (nSPS) is 18.3. The summed E-state index contributed by atoms with van der Waals surface area (Å²) >= 11 is 9.56. The first-order valence-electron chi connectivity index (χ1n) is 8.01. The van der Waals surface area contributed by atoms with E-state index in [0.29, 0.717) is 22.3 Å². The highest BCUT2D eigenvalue weighted by molar-refractivity contribution is 9.11. The Bertz CT molecular complexity index is 933. The van der Waals surface area contributed by atoms with Crippen LogP contribution >= 0.6 is 55.0 Å². The van der Waals surface area contributed by atoms with E-state index in [2.05, 4.69) is 48.6 Å². The molecule has 1 aliphatic rings. The molecule has 1 fully saturated rings. The number of Topliss-reactive ketones (excluding diaryl/α,β-unsaturated/α-hetero) is 1. The van der Waals surface area contributed by atoms with Crippen molar-refractivity contribution in [3.8, 4) is 5.75 Å². The summed E-state index contributed by atoms with van der Waals surface area (Å²) in [6.45, 7) is 6.03. The maximum absolute atomic E-state index is 12.8. The van der Waals surface area contributed by atoms with Crippen molar-refractivity contribution in [3.05, 3.63) is 54.2 Å². The second-order valence-electron chi connectivity index (χ2n) is 5.57. The van der Waals surface area contributed by atoms with E-state index in [1.807, 2.05) is 19.1 Å². The van der Waals surface area contributed by atoms with Gasteiger partial charge in [-0.05, 0) is 62.1 Å². The molecule has 0 radical (unpaired) electrons. The van der Waals surface area contributed by atoms with Crippen molar-refractivity contribution >= 4 is 71.9 Å². The van der Waals surface area contributed by atoms with Crippen molar-refractivity contribution in [3.63, 3.8) is 0 Å². The fraction of sp³-hybridized carbons (Fsp3) is 0.222. The molecular weight excluding hydrogens is 514 g/mol. The number of hydrogen-bond acceptors (Lipinski definition) is 7. The Kier molecular flexibility index (Phi) is 6.67. The molecule has 2 heterocycles. The lowest BCUT2D eigenvalue weighted by atomic mass is 10.1. The lowest BCUT2D eigenvalue weighted by molar-refractivity contribution is -0.114. The van der Waals surface area contributed by atoms with E-state index in [0.717, 1.165) is 25.9 Å². The summed E-state index contributed by atoms with van der Waals surface area (Å²) in [5.74, 6) is -0.0711. The quantitative estimate of drug-likeness (QED) is 0.389. The van der Waals surface area contributed by atoms with Crippen LogP contribution in [-0.4, -0.2) is 27.6 Å². The molecule has 0 aliphatic carbocycles. The fourth-order valence-corrected chi connectivity index (χ4v) is 5.84. The maximum atomic E-state index is 12.8. The third-order valence-corrected chi connectivity index (χ3v) is 6.99. The summed E-state index contributed by atoms with van der Waals surface area (Å²) in [6.07, 6.45) is 4.23. The molecule has 0 bridgehead atoms. The SMILES string of the molecule is C=CCOc1c(Br)cc(/C=C2\SC(=N)[C@H](c3nnc(CC)s3)C2=O)cc1Br. The molecule has 0 spiro atoms. The number of carbonyl (C=O) groups is 1. The van der Waals surface area contributed by atoms with Gasteiger partial charge in [-0.3, -0.25) is 10.2 Å². The highest BCUT2D eigenvalue weighted by Crippen LogP contribution is 2.42. The van der Waals surface area contributed by atoms with Gasteiger partial charge < -0.3 is 4.74 Å². The lowest BCUT2D eigenvalue weighted by Crippen LogP contribution is -2.11. The molecule has 1 saturated heterocycles. The first-order chi connectivity index (χ1) is 12.9. The van der Waals surface area contributed by atoms with Gasteiger partial charge in [0, 0.05) is 0 Å².